The Kier molecular flexibility index (Phi) is 4.24. The van der Waals surface area contributed by atoms with Gasteiger partial charge in [0.2, 0.25) is 0 Å². The van der Waals surface area contributed by atoms with E-state index >= 15 is 0 Å². The number of halogens is 2. The van der Waals surface area contributed by atoms with Crippen molar-refractivity contribution in [2.75, 3.05) is 0 Å². The molecular formula is C14H8I2. The Hall–Kier alpha value is -0.540. The number of hydrogen-bond acceptors (Lipinski definition) is 0. The van der Waals surface area contributed by atoms with Crippen LogP contribution in [0.25, 0.3) is 0 Å². The summed E-state index contributed by atoms with van der Waals surface area (Å²) in [5.41, 5.74) is 2.12. The standard InChI is InChI=1S/C14H8I2/c15-13-5-1-3-11(9-13)7-8-12-4-2-6-14(16)10-12/h1-6,9-10H. The van der Waals surface area contributed by atoms with E-state index in [4.69, 9.17) is 0 Å². The van der Waals surface area contributed by atoms with E-state index < -0.39 is 0 Å². The van der Waals surface area contributed by atoms with Crippen molar-refractivity contribution in [2.24, 2.45) is 0 Å². The Bertz CT molecular complexity index is 513. The van der Waals surface area contributed by atoms with Gasteiger partial charge in [-0.3, -0.25) is 0 Å². The van der Waals surface area contributed by atoms with Crippen LogP contribution >= 0.6 is 45.2 Å². The molecule has 0 aliphatic heterocycles. The van der Waals surface area contributed by atoms with Crippen LogP contribution in [0.2, 0.25) is 0 Å². The van der Waals surface area contributed by atoms with Crippen LogP contribution < -0.4 is 0 Å². The first kappa shape index (κ1) is 11.9. The van der Waals surface area contributed by atoms with Gasteiger partial charge in [-0.25, -0.2) is 0 Å². The van der Waals surface area contributed by atoms with E-state index in [0.29, 0.717) is 0 Å². The molecule has 0 saturated carbocycles. The van der Waals surface area contributed by atoms with Crippen LogP contribution in [0.5, 0.6) is 0 Å². The highest BCUT2D eigenvalue weighted by Crippen LogP contribution is 2.08. The van der Waals surface area contributed by atoms with Crippen LogP contribution in [0.1, 0.15) is 11.1 Å². The predicted octanol–water partition coefficient (Wildman–Crippen LogP) is 4.30. The molecule has 0 unspecified atom stereocenters. The minimum absolute atomic E-state index is 1.06. The third-order valence-electron chi connectivity index (χ3n) is 2.00. The minimum Gasteiger partial charge on any atom is -0.0616 e. The number of hydrogen-bond donors (Lipinski definition) is 0. The zero-order valence-electron chi connectivity index (χ0n) is 8.37. The number of benzene rings is 2. The fraction of sp³-hybridized carbons (Fsp3) is 0. The van der Waals surface area contributed by atoms with Gasteiger partial charge in [-0.2, -0.15) is 0 Å². The summed E-state index contributed by atoms with van der Waals surface area (Å²) in [7, 11) is 0. The van der Waals surface area contributed by atoms with E-state index in [0.717, 1.165) is 11.1 Å². The summed E-state index contributed by atoms with van der Waals surface area (Å²) in [6, 6.07) is 16.4. The predicted molar refractivity (Wildman–Crippen MR) is 84.3 cm³/mol. The van der Waals surface area contributed by atoms with Crippen molar-refractivity contribution in [3.63, 3.8) is 0 Å². The van der Waals surface area contributed by atoms with Crippen molar-refractivity contribution in [1.82, 2.24) is 0 Å². The Morgan fingerprint density at radius 3 is 1.50 bits per heavy atom. The molecule has 0 heterocycles. The van der Waals surface area contributed by atoms with E-state index in [-0.39, 0.29) is 0 Å². The van der Waals surface area contributed by atoms with Crippen LogP contribution in [-0.4, -0.2) is 0 Å². The summed E-state index contributed by atoms with van der Waals surface area (Å²) in [4.78, 5) is 0. The smallest absolute Gasteiger partial charge is 0.0259 e. The molecule has 2 aromatic rings. The van der Waals surface area contributed by atoms with Crippen LogP contribution in [0, 0.1) is 19.0 Å². The van der Waals surface area contributed by atoms with E-state index in [1.54, 1.807) is 0 Å². The third kappa shape index (κ3) is 3.49. The molecule has 0 nitrogen and oxygen atoms in total. The van der Waals surface area contributed by atoms with Gasteiger partial charge in [-0.05, 0) is 81.6 Å². The Morgan fingerprint density at radius 1 is 0.688 bits per heavy atom. The molecule has 0 radical (unpaired) electrons. The lowest BCUT2D eigenvalue weighted by atomic mass is 10.2. The summed E-state index contributed by atoms with van der Waals surface area (Å²) >= 11 is 4.59. The van der Waals surface area contributed by atoms with Crippen molar-refractivity contribution in [2.45, 2.75) is 0 Å². The van der Waals surface area contributed by atoms with Gasteiger partial charge < -0.3 is 0 Å². The third-order valence-corrected chi connectivity index (χ3v) is 3.34. The Balaban J connectivity index is 2.28. The van der Waals surface area contributed by atoms with Gasteiger partial charge in [-0.15, -0.1) is 0 Å². The molecule has 0 N–H and O–H groups in total. The lowest BCUT2D eigenvalue weighted by molar-refractivity contribution is 1.58. The van der Waals surface area contributed by atoms with E-state index in [2.05, 4.69) is 81.3 Å². The molecule has 2 aromatic carbocycles. The summed E-state index contributed by atoms with van der Waals surface area (Å²) in [5, 5.41) is 0. The highest BCUT2D eigenvalue weighted by atomic mass is 127. The number of rotatable bonds is 0. The molecule has 2 rings (SSSR count). The molecule has 2 heteroatoms. The average molecular weight is 430 g/mol. The molecule has 0 bridgehead atoms. The van der Waals surface area contributed by atoms with Gasteiger partial charge in [0, 0.05) is 18.3 Å². The van der Waals surface area contributed by atoms with Crippen LogP contribution in [-0.2, 0) is 0 Å². The monoisotopic (exact) mass is 430 g/mol. The van der Waals surface area contributed by atoms with Crippen molar-refractivity contribution in [3.8, 4) is 11.8 Å². The molecule has 0 fully saturated rings. The van der Waals surface area contributed by atoms with Gasteiger partial charge in [-0.1, -0.05) is 24.0 Å². The van der Waals surface area contributed by atoms with Crippen LogP contribution in [0.15, 0.2) is 48.5 Å². The lowest BCUT2D eigenvalue weighted by Crippen LogP contribution is -1.78. The first-order valence-corrected chi connectivity index (χ1v) is 6.93. The van der Waals surface area contributed by atoms with Gasteiger partial charge in [0.1, 0.15) is 0 Å². The fourth-order valence-electron chi connectivity index (χ4n) is 1.28. The van der Waals surface area contributed by atoms with Crippen molar-refractivity contribution in [3.05, 3.63) is 66.8 Å². The van der Waals surface area contributed by atoms with Gasteiger partial charge in [0.15, 0.2) is 0 Å². The highest BCUT2D eigenvalue weighted by molar-refractivity contribution is 14.1. The average Bonchev–Trinajstić information content (AvgIpc) is 2.27. The maximum atomic E-state index is 3.17. The summed E-state index contributed by atoms with van der Waals surface area (Å²) in [6.07, 6.45) is 0. The summed E-state index contributed by atoms with van der Waals surface area (Å²) in [5.74, 6) is 6.34. The Morgan fingerprint density at radius 2 is 1.12 bits per heavy atom. The molecule has 0 atom stereocenters. The topological polar surface area (TPSA) is 0 Å². The van der Waals surface area contributed by atoms with Gasteiger partial charge in [0.05, 0.1) is 0 Å². The molecule has 78 valence electrons. The molecule has 0 aliphatic carbocycles. The molecule has 0 spiro atoms. The second-order valence-electron chi connectivity index (χ2n) is 3.27. The maximum absolute atomic E-state index is 3.17. The minimum atomic E-state index is 1.06. The van der Waals surface area contributed by atoms with E-state index in [1.165, 1.54) is 7.14 Å². The first-order valence-electron chi connectivity index (χ1n) is 4.77. The maximum Gasteiger partial charge on any atom is 0.0259 e. The lowest BCUT2D eigenvalue weighted by Gasteiger charge is -1.92. The normalized spacial score (nSPS) is 9.38. The molecule has 16 heavy (non-hydrogen) atoms. The quantitative estimate of drug-likeness (QED) is 0.432. The molecule has 0 saturated heterocycles. The molecule has 0 amide bonds. The highest BCUT2D eigenvalue weighted by Gasteiger charge is 1.90. The fourth-order valence-corrected chi connectivity index (χ4v) is 2.36. The van der Waals surface area contributed by atoms with Crippen LogP contribution in [0.3, 0.4) is 0 Å². The van der Waals surface area contributed by atoms with Crippen LogP contribution in [0.4, 0.5) is 0 Å². The van der Waals surface area contributed by atoms with Crippen molar-refractivity contribution < 1.29 is 0 Å². The zero-order valence-corrected chi connectivity index (χ0v) is 12.7. The van der Waals surface area contributed by atoms with Gasteiger partial charge in [0.25, 0.3) is 0 Å². The molecular weight excluding hydrogens is 422 g/mol. The molecule has 0 aliphatic rings. The van der Waals surface area contributed by atoms with E-state index in [9.17, 15) is 0 Å². The Labute approximate surface area is 123 Å². The summed E-state index contributed by atoms with van der Waals surface area (Å²) in [6.45, 7) is 0. The van der Waals surface area contributed by atoms with Crippen molar-refractivity contribution in [1.29, 1.82) is 0 Å². The SMILES string of the molecule is Ic1cccc(C#Cc2cccc(I)c2)c1. The summed E-state index contributed by atoms with van der Waals surface area (Å²) < 4.78 is 2.43. The first-order chi connectivity index (χ1) is 7.74. The van der Waals surface area contributed by atoms with Gasteiger partial charge >= 0.3 is 0 Å². The van der Waals surface area contributed by atoms with E-state index in [1.807, 2.05) is 24.3 Å². The zero-order chi connectivity index (χ0) is 11.4. The second kappa shape index (κ2) is 5.69. The van der Waals surface area contributed by atoms with Crippen molar-refractivity contribution >= 4 is 45.2 Å². The largest absolute Gasteiger partial charge is 0.0616 e. The molecule has 0 aromatic heterocycles. The second-order valence-corrected chi connectivity index (χ2v) is 5.76.